The number of piperidine rings is 1. The zero-order chi connectivity index (χ0) is 36.5. The normalized spacial score (nSPS) is 14.1. The van der Waals surface area contributed by atoms with Gasteiger partial charge in [0.25, 0.3) is 10.0 Å². The van der Waals surface area contributed by atoms with Crippen molar-refractivity contribution in [3.8, 4) is 22.3 Å². The maximum atomic E-state index is 14.0. The van der Waals surface area contributed by atoms with E-state index in [0.717, 1.165) is 52.8 Å². The number of nitrogens with one attached hydrogen (secondary N) is 1. The molecular formula is C41H44N6O4S. The van der Waals surface area contributed by atoms with Crippen LogP contribution in [-0.4, -0.2) is 62.9 Å². The summed E-state index contributed by atoms with van der Waals surface area (Å²) in [6.45, 7) is 9.51. The Kier molecular flexibility index (Phi) is 9.63. The molecule has 4 heterocycles. The number of fused-ring (bicyclic) bond motifs is 1. The van der Waals surface area contributed by atoms with Gasteiger partial charge < -0.3 is 15.0 Å². The predicted octanol–water partition coefficient (Wildman–Crippen LogP) is 8.17. The molecule has 52 heavy (non-hydrogen) atoms. The molecule has 1 fully saturated rings. The molecule has 0 spiro atoms. The van der Waals surface area contributed by atoms with E-state index in [9.17, 15) is 13.2 Å². The molecule has 6 aromatic rings. The van der Waals surface area contributed by atoms with Gasteiger partial charge in [0, 0.05) is 72.0 Å². The Labute approximate surface area is 305 Å². The third-order valence-electron chi connectivity index (χ3n) is 9.32. The number of aromatic nitrogens is 4. The van der Waals surface area contributed by atoms with Gasteiger partial charge in [-0.1, -0.05) is 60.2 Å². The minimum Gasteiger partial charge on any atom is -0.444 e. The van der Waals surface area contributed by atoms with E-state index in [4.69, 9.17) is 9.72 Å². The molecule has 10 nitrogen and oxygen atoms in total. The topological polar surface area (TPSA) is 111 Å². The quantitative estimate of drug-likeness (QED) is 0.161. The molecule has 0 atom stereocenters. The minimum atomic E-state index is -3.94. The number of hydrogen-bond acceptors (Lipinski definition) is 7. The summed E-state index contributed by atoms with van der Waals surface area (Å²) in [5, 5.41) is 9.00. The van der Waals surface area contributed by atoms with Gasteiger partial charge >= 0.3 is 6.09 Å². The molecule has 7 rings (SSSR count). The fraction of sp³-hybridized carbons (Fsp3) is 0.293. The van der Waals surface area contributed by atoms with E-state index in [-0.39, 0.29) is 17.0 Å². The Morgan fingerprint density at radius 3 is 2.37 bits per heavy atom. The number of carbonyl (C=O) groups excluding carboxylic acids is 1. The summed E-state index contributed by atoms with van der Waals surface area (Å²) in [4.78, 5) is 19.3. The van der Waals surface area contributed by atoms with Crippen LogP contribution in [0.15, 0.2) is 115 Å². The molecule has 1 aliphatic heterocycles. The average Bonchev–Trinajstić information content (AvgIpc) is 3.76. The highest BCUT2D eigenvalue weighted by molar-refractivity contribution is 7.90. The number of hydrogen-bond donors (Lipinski definition) is 1. The zero-order valence-electron chi connectivity index (χ0n) is 30.0. The molecule has 0 unspecified atom stereocenters. The van der Waals surface area contributed by atoms with Crippen molar-refractivity contribution in [1.29, 1.82) is 0 Å². The molecular weight excluding hydrogens is 673 g/mol. The molecule has 1 aliphatic rings. The van der Waals surface area contributed by atoms with Crippen LogP contribution in [-0.2, 0) is 27.7 Å². The third kappa shape index (κ3) is 7.74. The van der Waals surface area contributed by atoms with E-state index < -0.39 is 15.6 Å². The molecule has 3 aromatic carbocycles. The lowest BCUT2D eigenvalue weighted by molar-refractivity contribution is 0.0210. The van der Waals surface area contributed by atoms with Crippen molar-refractivity contribution in [3.63, 3.8) is 0 Å². The molecule has 0 bridgehead atoms. The monoisotopic (exact) mass is 716 g/mol. The van der Waals surface area contributed by atoms with Crippen LogP contribution in [0.2, 0.25) is 0 Å². The standard InChI is InChI=1S/C41H44N6O4S/c1-29-13-15-36(16-14-29)52(49,50)47-28-38(33-26-43-46(27-33)22-17-30-9-6-5-7-10-30)37-24-32(25-42-39(37)47)31-11-8-12-35(23-31)44-34-18-20-45(21-19-34)40(48)51-41(2,3)4/h5-16,23-28,34,44H,17-22H2,1-4H3. The van der Waals surface area contributed by atoms with Crippen molar-refractivity contribution in [1.82, 2.24) is 23.6 Å². The number of ether oxygens (including phenoxy) is 1. The SMILES string of the molecule is Cc1ccc(S(=O)(=O)n2cc(-c3cnn(CCc4ccccc4)c3)c3cc(-c4cccc(NC5CCN(C(=O)OC(C)(C)C)CC5)c4)cnc32)cc1. The first-order valence-electron chi connectivity index (χ1n) is 17.7. The summed E-state index contributed by atoms with van der Waals surface area (Å²) < 4.78 is 36.8. The van der Waals surface area contributed by atoms with Crippen LogP contribution >= 0.6 is 0 Å². The van der Waals surface area contributed by atoms with Gasteiger partial charge in [-0.2, -0.15) is 5.10 Å². The van der Waals surface area contributed by atoms with E-state index in [1.54, 1.807) is 47.8 Å². The van der Waals surface area contributed by atoms with Crippen LogP contribution in [0.3, 0.4) is 0 Å². The van der Waals surface area contributed by atoms with Crippen molar-refractivity contribution in [2.75, 3.05) is 18.4 Å². The Hall–Kier alpha value is -5.42. The molecule has 0 radical (unpaired) electrons. The lowest BCUT2D eigenvalue weighted by atomic mass is 10.0. The Morgan fingerprint density at radius 2 is 1.63 bits per heavy atom. The van der Waals surface area contributed by atoms with E-state index >= 15 is 0 Å². The summed E-state index contributed by atoms with van der Waals surface area (Å²) in [5.74, 6) is 0. The van der Waals surface area contributed by atoms with Gasteiger partial charge in [-0.15, -0.1) is 0 Å². The lowest BCUT2D eigenvalue weighted by Gasteiger charge is -2.34. The summed E-state index contributed by atoms with van der Waals surface area (Å²) in [6.07, 6.45) is 9.32. The molecule has 1 N–H and O–H groups in total. The van der Waals surface area contributed by atoms with E-state index in [0.29, 0.717) is 30.7 Å². The fourth-order valence-electron chi connectivity index (χ4n) is 6.54. The Morgan fingerprint density at radius 1 is 0.885 bits per heavy atom. The summed E-state index contributed by atoms with van der Waals surface area (Å²) >= 11 is 0. The van der Waals surface area contributed by atoms with Gasteiger partial charge in [0.1, 0.15) is 5.60 Å². The summed E-state index contributed by atoms with van der Waals surface area (Å²) in [7, 11) is -3.94. The van der Waals surface area contributed by atoms with Crippen LogP contribution in [0.4, 0.5) is 10.5 Å². The summed E-state index contributed by atoms with van der Waals surface area (Å²) in [5.41, 5.74) is 6.34. The molecule has 1 saturated heterocycles. The van der Waals surface area contributed by atoms with Gasteiger partial charge in [0.2, 0.25) is 0 Å². The molecule has 11 heteroatoms. The second-order valence-electron chi connectivity index (χ2n) is 14.4. The van der Waals surface area contributed by atoms with Crippen molar-refractivity contribution < 1.29 is 17.9 Å². The first kappa shape index (κ1) is 35.0. The number of rotatable bonds is 9. The molecule has 0 saturated carbocycles. The fourth-order valence-corrected chi connectivity index (χ4v) is 7.87. The van der Waals surface area contributed by atoms with Crippen LogP contribution in [0.25, 0.3) is 33.3 Å². The minimum absolute atomic E-state index is 0.196. The molecule has 268 valence electrons. The molecule has 3 aromatic heterocycles. The smallest absolute Gasteiger partial charge is 0.410 e. The van der Waals surface area contributed by atoms with E-state index in [2.05, 4.69) is 28.6 Å². The highest BCUT2D eigenvalue weighted by Gasteiger charge is 2.27. The van der Waals surface area contributed by atoms with Gasteiger partial charge in [-0.3, -0.25) is 4.68 Å². The van der Waals surface area contributed by atoms with Crippen molar-refractivity contribution in [2.45, 2.75) is 70.0 Å². The second-order valence-corrected chi connectivity index (χ2v) is 16.3. The van der Waals surface area contributed by atoms with Crippen LogP contribution in [0.5, 0.6) is 0 Å². The average molecular weight is 717 g/mol. The van der Waals surface area contributed by atoms with Crippen LogP contribution in [0, 0.1) is 6.92 Å². The number of anilines is 1. The number of nitrogens with zero attached hydrogens (tertiary/aromatic N) is 5. The lowest BCUT2D eigenvalue weighted by Crippen LogP contribution is -2.44. The van der Waals surface area contributed by atoms with Crippen molar-refractivity contribution in [2.24, 2.45) is 0 Å². The number of aryl methyl sites for hydroxylation is 3. The van der Waals surface area contributed by atoms with Gasteiger partial charge in [-0.05, 0) is 88.4 Å². The molecule has 0 aliphatic carbocycles. The third-order valence-corrected chi connectivity index (χ3v) is 11.0. The summed E-state index contributed by atoms with van der Waals surface area (Å²) in [6, 6.07) is 27.5. The number of likely N-dealkylation sites (tertiary alicyclic amines) is 1. The first-order chi connectivity index (χ1) is 24.9. The first-order valence-corrected chi connectivity index (χ1v) is 19.1. The zero-order valence-corrected chi connectivity index (χ0v) is 30.8. The van der Waals surface area contributed by atoms with E-state index in [1.807, 2.05) is 81.0 Å². The Bertz CT molecular complexity index is 2300. The molecule has 1 amide bonds. The number of carbonyl (C=O) groups is 1. The van der Waals surface area contributed by atoms with Crippen molar-refractivity contribution >= 4 is 32.8 Å². The highest BCUT2D eigenvalue weighted by Crippen LogP contribution is 2.35. The number of benzene rings is 3. The van der Waals surface area contributed by atoms with Crippen LogP contribution < -0.4 is 5.32 Å². The maximum Gasteiger partial charge on any atom is 0.410 e. The van der Waals surface area contributed by atoms with E-state index in [1.165, 1.54) is 9.54 Å². The van der Waals surface area contributed by atoms with Crippen molar-refractivity contribution in [3.05, 3.63) is 121 Å². The van der Waals surface area contributed by atoms with Gasteiger partial charge in [0.15, 0.2) is 5.65 Å². The highest BCUT2D eigenvalue weighted by atomic mass is 32.2. The van der Waals surface area contributed by atoms with Gasteiger partial charge in [-0.25, -0.2) is 22.2 Å². The largest absolute Gasteiger partial charge is 0.444 e. The second kappa shape index (κ2) is 14.3. The Balaban J connectivity index is 1.18. The number of amides is 1. The van der Waals surface area contributed by atoms with Gasteiger partial charge in [0.05, 0.1) is 11.1 Å². The number of pyridine rings is 1. The predicted molar refractivity (Wildman–Crippen MR) is 205 cm³/mol. The maximum absolute atomic E-state index is 14.0. The van der Waals surface area contributed by atoms with Crippen LogP contribution in [0.1, 0.15) is 44.7 Å².